The molecule has 6 nitrogen and oxygen atoms in total. The molecule has 0 fully saturated rings. The Bertz CT molecular complexity index is 684. The average Bonchev–Trinajstić information content (AvgIpc) is 2.60. The molecule has 0 bridgehead atoms. The summed E-state index contributed by atoms with van der Waals surface area (Å²) in [5, 5.41) is 7.73. The number of rotatable bonds is 9. The third kappa shape index (κ3) is 7.30. The fourth-order valence-corrected chi connectivity index (χ4v) is 2.44. The van der Waals surface area contributed by atoms with E-state index in [9.17, 15) is 18.0 Å². The molecule has 150 valence electrons. The molecular weight excluding hydrogens is 359 g/mol. The maximum atomic E-state index is 12.6. The molecule has 0 aliphatic rings. The molecule has 5 N–H and O–H groups in total. The highest BCUT2D eigenvalue weighted by atomic mass is 19.4. The molecule has 0 radical (unpaired) electrons. The zero-order chi connectivity index (χ0) is 20.6. The van der Waals surface area contributed by atoms with Gasteiger partial charge in [-0.15, -0.1) is 0 Å². The number of nitrogens with one attached hydrogen (secondary N) is 1. The summed E-state index contributed by atoms with van der Waals surface area (Å²) in [6, 6.07) is 6.86. The Labute approximate surface area is 157 Å². The van der Waals surface area contributed by atoms with Crippen molar-refractivity contribution in [1.82, 2.24) is 9.80 Å². The highest BCUT2D eigenvalue weighted by Gasteiger charge is 2.32. The Kier molecular flexibility index (Phi) is 8.30. The van der Waals surface area contributed by atoms with E-state index in [1.165, 1.54) is 4.90 Å². The summed E-state index contributed by atoms with van der Waals surface area (Å²) in [6.45, 7) is 6.42. The Morgan fingerprint density at radius 1 is 1.22 bits per heavy atom. The zero-order valence-electron chi connectivity index (χ0n) is 15.5. The summed E-state index contributed by atoms with van der Waals surface area (Å²) in [4.78, 5) is 16.0. The molecule has 0 saturated carbocycles. The SMILES string of the molecule is CCN(CC)CCN(Cc1cccc(N)c1)C(=O)C(=N)C=C(N)C(F)(F)F. The van der Waals surface area contributed by atoms with Crippen molar-refractivity contribution in [2.24, 2.45) is 5.73 Å². The van der Waals surface area contributed by atoms with Gasteiger partial charge in [-0.25, -0.2) is 0 Å². The van der Waals surface area contributed by atoms with Crippen molar-refractivity contribution in [3.63, 3.8) is 0 Å². The van der Waals surface area contributed by atoms with Gasteiger partial charge in [0.2, 0.25) is 0 Å². The molecular formula is C18H26F3N5O. The number of allylic oxidation sites excluding steroid dienone is 1. The number of likely N-dealkylation sites (N-methyl/N-ethyl adjacent to an activating group) is 1. The van der Waals surface area contributed by atoms with E-state index in [2.05, 4.69) is 4.90 Å². The molecule has 9 heteroatoms. The molecule has 0 aliphatic carbocycles. The van der Waals surface area contributed by atoms with Gasteiger partial charge in [-0.1, -0.05) is 26.0 Å². The quantitative estimate of drug-likeness (QED) is 0.449. The van der Waals surface area contributed by atoms with E-state index in [0.717, 1.165) is 18.7 Å². The molecule has 0 atom stereocenters. The van der Waals surface area contributed by atoms with Crippen LogP contribution in [0.2, 0.25) is 0 Å². The average molecular weight is 385 g/mol. The van der Waals surface area contributed by atoms with Crippen LogP contribution in [-0.4, -0.2) is 53.8 Å². The number of carbonyl (C=O) groups is 1. The number of alkyl halides is 3. The van der Waals surface area contributed by atoms with Gasteiger partial charge in [-0.2, -0.15) is 13.2 Å². The number of benzene rings is 1. The predicted molar refractivity (Wildman–Crippen MR) is 100 cm³/mol. The first-order valence-corrected chi connectivity index (χ1v) is 8.57. The molecule has 27 heavy (non-hydrogen) atoms. The molecule has 0 aromatic heterocycles. The third-order valence-electron chi connectivity index (χ3n) is 4.05. The molecule has 1 rings (SSSR count). The number of hydrogen-bond acceptors (Lipinski definition) is 5. The van der Waals surface area contributed by atoms with Gasteiger partial charge in [0.1, 0.15) is 11.4 Å². The summed E-state index contributed by atoms with van der Waals surface area (Å²) in [7, 11) is 0. The lowest BCUT2D eigenvalue weighted by Gasteiger charge is -2.26. The maximum Gasteiger partial charge on any atom is 0.430 e. The molecule has 1 amide bonds. The summed E-state index contributed by atoms with van der Waals surface area (Å²) in [5.41, 5.74) is 9.62. The molecule has 0 heterocycles. The first-order valence-electron chi connectivity index (χ1n) is 8.57. The number of hydrogen-bond donors (Lipinski definition) is 3. The summed E-state index contributed by atoms with van der Waals surface area (Å²) >= 11 is 0. The zero-order valence-corrected chi connectivity index (χ0v) is 15.5. The minimum Gasteiger partial charge on any atom is -0.399 e. The van der Waals surface area contributed by atoms with Gasteiger partial charge in [-0.3, -0.25) is 10.2 Å². The van der Waals surface area contributed by atoms with Crippen LogP contribution in [0.1, 0.15) is 19.4 Å². The topological polar surface area (TPSA) is 99.4 Å². The van der Waals surface area contributed by atoms with Crippen molar-refractivity contribution < 1.29 is 18.0 Å². The highest BCUT2D eigenvalue weighted by Crippen LogP contribution is 2.21. The van der Waals surface area contributed by atoms with E-state index in [-0.39, 0.29) is 13.1 Å². The highest BCUT2D eigenvalue weighted by molar-refractivity contribution is 6.42. The first kappa shape index (κ1) is 22.5. The van der Waals surface area contributed by atoms with E-state index in [1.54, 1.807) is 24.3 Å². The van der Waals surface area contributed by atoms with Crippen LogP contribution in [0.4, 0.5) is 18.9 Å². The van der Waals surface area contributed by atoms with E-state index in [0.29, 0.717) is 18.3 Å². The van der Waals surface area contributed by atoms with Crippen LogP contribution < -0.4 is 11.5 Å². The number of nitrogens with zero attached hydrogens (tertiary/aromatic N) is 2. The largest absolute Gasteiger partial charge is 0.430 e. The summed E-state index contributed by atoms with van der Waals surface area (Å²) in [6.07, 6.45) is -4.43. The van der Waals surface area contributed by atoms with Crippen LogP contribution in [0, 0.1) is 5.41 Å². The van der Waals surface area contributed by atoms with Crippen LogP contribution in [0.5, 0.6) is 0 Å². The van der Waals surface area contributed by atoms with Gasteiger partial charge in [-0.05, 0) is 36.9 Å². The molecule has 0 saturated heterocycles. The van der Waals surface area contributed by atoms with Crippen molar-refractivity contribution in [2.45, 2.75) is 26.6 Å². The van der Waals surface area contributed by atoms with Gasteiger partial charge in [0.15, 0.2) is 0 Å². The van der Waals surface area contributed by atoms with Gasteiger partial charge in [0.25, 0.3) is 5.91 Å². The van der Waals surface area contributed by atoms with Crippen molar-refractivity contribution in [1.29, 1.82) is 5.41 Å². The second-order valence-electron chi connectivity index (χ2n) is 6.01. The molecule has 0 aliphatic heterocycles. The monoisotopic (exact) mass is 385 g/mol. The lowest BCUT2D eigenvalue weighted by molar-refractivity contribution is -0.124. The Morgan fingerprint density at radius 3 is 2.37 bits per heavy atom. The number of amides is 1. The normalized spacial score (nSPS) is 12.3. The van der Waals surface area contributed by atoms with Crippen molar-refractivity contribution in [2.75, 3.05) is 31.9 Å². The van der Waals surface area contributed by atoms with Crippen molar-refractivity contribution in [3.05, 3.63) is 41.6 Å². The van der Waals surface area contributed by atoms with Crippen LogP contribution in [0.3, 0.4) is 0 Å². The second-order valence-corrected chi connectivity index (χ2v) is 6.01. The fraction of sp³-hybridized carbons (Fsp3) is 0.444. The van der Waals surface area contributed by atoms with E-state index < -0.39 is 23.5 Å². The van der Waals surface area contributed by atoms with Crippen LogP contribution >= 0.6 is 0 Å². The Balaban J connectivity index is 3.00. The fourth-order valence-electron chi connectivity index (χ4n) is 2.44. The van der Waals surface area contributed by atoms with Crippen molar-refractivity contribution in [3.8, 4) is 0 Å². The summed E-state index contributed by atoms with van der Waals surface area (Å²) in [5.74, 6) is -0.822. The molecule has 1 aromatic rings. The standard InChI is InChI=1S/C18H26F3N5O/c1-3-25(4-2)8-9-26(12-13-6-5-7-14(22)10-13)17(27)15(23)11-16(24)18(19,20)21/h5-7,10-11,23H,3-4,8-9,12,22,24H2,1-2H3. The summed E-state index contributed by atoms with van der Waals surface area (Å²) < 4.78 is 37.7. The molecule has 1 aromatic carbocycles. The van der Waals surface area contributed by atoms with Crippen LogP contribution in [0.15, 0.2) is 36.0 Å². The molecule has 0 spiro atoms. The van der Waals surface area contributed by atoms with Gasteiger partial charge in [0, 0.05) is 25.3 Å². The number of nitrogen functional groups attached to an aromatic ring is 1. The van der Waals surface area contributed by atoms with Gasteiger partial charge >= 0.3 is 6.18 Å². The van der Waals surface area contributed by atoms with Crippen molar-refractivity contribution >= 4 is 17.3 Å². The minimum absolute atomic E-state index is 0.132. The Hall–Kier alpha value is -2.55. The van der Waals surface area contributed by atoms with Gasteiger partial charge < -0.3 is 21.3 Å². The van der Waals surface area contributed by atoms with Crippen LogP contribution in [-0.2, 0) is 11.3 Å². The number of carbonyl (C=O) groups excluding carboxylic acids is 1. The van der Waals surface area contributed by atoms with Crippen LogP contribution in [0.25, 0.3) is 0 Å². The van der Waals surface area contributed by atoms with E-state index in [4.69, 9.17) is 16.9 Å². The Morgan fingerprint density at radius 2 is 1.85 bits per heavy atom. The van der Waals surface area contributed by atoms with E-state index in [1.807, 2.05) is 13.8 Å². The predicted octanol–water partition coefficient (Wildman–Crippen LogP) is 2.36. The number of anilines is 1. The second kappa shape index (κ2) is 9.96. The number of nitrogens with two attached hydrogens (primary N) is 2. The smallest absolute Gasteiger partial charge is 0.399 e. The molecule has 0 unspecified atom stereocenters. The third-order valence-corrected chi connectivity index (χ3v) is 4.05. The lowest BCUT2D eigenvalue weighted by atomic mass is 10.1. The first-order chi connectivity index (χ1) is 12.6. The number of halogens is 3. The van der Waals surface area contributed by atoms with Gasteiger partial charge in [0.05, 0.1) is 0 Å². The minimum atomic E-state index is -4.79. The maximum absolute atomic E-state index is 12.6. The van der Waals surface area contributed by atoms with E-state index >= 15 is 0 Å². The lowest BCUT2D eigenvalue weighted by Crippen LogP contribution is -2.41.